The van der Waals surface area contributed by atoms with Crippen molar-refractivity contribution in [1.82, 2.24) is 10.2 Å². The number of nitrogens with zero attached hydrogens (tertiary/aromatic N) is 2. The van der Waals surface area contributed by atoms with Gasteiger partial charge in [-0.15, -0.1) is 0 Å². The third kappa shape index (κ3) is 8.39. The van der Waals surface area contributed by atoms with Gasteiger partial charge in [0.05, 0.1) is 11.9 Å². The van der Waals surface area contributed by atoms with Crippen LogP contribution in [0.4, 0.5) is 5.69 Å². The Morgan fingerprint density at radius 1 is 0.972 bits per heavy atom. The minimum Gasteiger partial charge on any atom is -0.352 e. The molecule has 2 atom stereocenters. The highest BCUT2D eigenvalue weighted by Crippen LogP contribution is 2.27. The minimum absolute atomic E-state index is 0.0402. The molecule has 0 spiro atoms. The van der Waals surface area contributed by atoms with Crippen molar-refractivity contribution in [3.8, 4) is 0 Å². The van der Waals surface area contributed by atoms with Crippen LogP contribution in [0.2, 0.25) is 10.0 Å². The van der Waals surface area contributed by atoms with E-state index >= 15 is 0 Å². The molecule has 2 aromatic rings. The number of benzene rings is 2. The van der Waals surface area contributed by atoms with E-state index in [1.165, 1.54) is 9.21 Å². The Morgan fingerprint density at radius 3 is 2.11 bits per heavy atom. The molecule has 0 bridgehead atoms. The van der Waals surface area contributed by atoms with Gasteiger partial charge in [0.15, 0.2) is 0 Å². The van der Waals surface area contributed by atoms with Gasteiger partial charge in [0.25, 0.3) is 0 Å². The van der Waals surface area contributed by atoms with Crippen LogP contribution < -0.4 is 9.62 Å². The molecule has 0 fully saturated rings. The van der Waals surface area contributed by atoms with Gasteiger partial charge in [-0.1, -0.05) is 61.3 Å². The van der Waals surface area contributed by atoms with Gasteiger partial charge in [0.2, 0.25) is 21.8 Å². The van der Waals surface area contributed by atoms with Crippen LogP contribution in [0.3, 0.4) is 0 Å². The van der Waals surface area contributed by atoms with Gasteiger partial charge in [0.1, 0.15) is 6.04 Å². The largest absolute Gasteiger partial charge is 0.352 e. The topological polar surface area (TPSA) is 86.8 Å². The second-order valence-electron chi connectivity index (χ2n) is 8.74. The summed E-state index contributed by atoms with van der Waals surface area (Å²) < 4.78 is 26.0. The molecule has 0 aliphatic heterocycles. The molecule has 0 heterocycles. The number of para-hydroxylation sites is 1. The molecule has 2 rings (SSSR count). The molecule has 2 aromatic carbocycles. The van der Waals surface area contributed by atoms with Crippen LogP contribution >= 0.6 is 23.2 Å². The monoisotopic (exact) mass is 555 g/mol. The first kappa shape index (κ1) is 29.9. The Morgan fingerprint density at radius 2 is 1.58 bits per heavy atom. The van der Waals surface area contributed by atoms with E-state index in [0.717, 1.165) is 12.7 Å². The number of rotatable bonds is 13. The molecule has 2 amide bonds. The fraction of sp³-hybridized carbons (Fsp3) is 0.462. The summed E-state index contributed by atoms with van der Waals surface area (Å²) in [6.07, 6.45) is 2.62. The summed E-state index contributed by atoms with van der Waals surface area (Å²) in [7, 11) is -3.54. The van der Waals surface area contributed by atoms with Crippen molar-refractivity contribution in [3.05, 3.63) is 64.1 Å². The molecule has 0 unspecified atom stereocenters. The highest BCUT2D eigenvalue weighted by atomic mass is 35.5. The predicted octanol–water partition coefficient (Wildman–Crippen LogP) is 5.26. The lowest BCUT2D eigenvalue weighted by atomic mass is 10.1. The van der Waals surface area contributed by atoms with Gasteiger partial charge in [-0.3, -0.25) is 13.9 Å². The summed E-state index contributed by atoms with van der Waals surface area (Å²) in [5, 5.41) is 3.77. The summed E-state index contributed by atoms with van der Waals surface area (Å²) >= 11 is 12.8. The van der Waals surface area contributed by atoms with Gasteiger partial charge >= 0.3 is 0 Å². The van der Waals surface area contributed by atoms with Crippen LogP contribution in [0.1, 0.15) is 52.0 Å². The van der Waals surface area contributed by atoms with Crippen molar-refractivity contribution >= 4 is 50.7 Å². The van der Waals surface area contributed by atoms with Gasteiger partial charge in [-0.2, -0.15) is 0 Å². The van der Waals surface area contributed by atoms with Gasteiger partial charge in [-0.25, -0.2) is 8.42 Å². The normalized spacial score (nSPS) is 13.1. The number of halogens is 2. The third-order valence-electron chi connectivity index (χ3n) is 5.97. The Hall–Kier alpha value is -2.29. The maximum absolute atomic E-state index is 13.5. The Balaban J connectivity index is 2.27. The first-order valence-electron chi connectivity index (χ1n) is 12.0. The molecule has 36 heavy (non-hydrogen) atoms. The summed E-state index contributed by atoms with van der Waals surface area (Å²) in [6.45, 7) is 5.92. The minimum atomic E-state index is -3.54. The first-order valence-corrected chi connectivity index (χ1v) is 14.6. The Bertz CT molecular complexity index is 1110. The number of sulfonamides is 1. The average Bonchev–Trinajstić information content (AvgIpc) is 2.82. The standard InChI is InChI=1S/C26H35Cl2N3O4S/c1-5-19(3)29-26(33)24(6-2)30(18-21-22(27)14-10-15-23(21)28)25(32)16-11-17-31(36(4,34)35)20-12-8-7-9-13-20/h7-10,12-15,19,24H,5-6,11,16-18H2,1-4H3,(H,29,33)/t19-,24-/m1/s1. The summed E-state index contributed by atoms with van der Waals surface area (Å²) in [6, 6.07) is 13.1. The van der Waals surface area contributed by atoms with Crippen molar-refractivity contribution in [3.63, 3.8) is 0 Å². The number of anilines is 1. The van der Waals surface area contributed by atoms with E-state index in [1.54, 1.807) is 48.5 Å². The zero-order chi connectivity index (χ0) is 26.9. The van der Waals surface area contributed by atoms with E-state index in [9.17, 15) is 18.0 Å². The zero-order valence-corrected chi connectivity index (χ0v) is 23.5. The lowest BCUT2D eigenvalue weighted by Gasteiger charge is -2.32. The second kappa shape index (κ2) is 13.9. The van der Waals surface area contributed by atoms with Crippen LogP contribution in [0.25, 0.3) is 0 Å². The molecule has 7 nitrogen and oxygen atoms in total. The second-order valence-corrected chi connectivity index (χ2v) is 11.5. The number of carbonyl (C=O) groups excluding carboxylic acids is 2. The maximum Gasteiger partial charge on any atom is 0.243 e. The molecule has 0 radical (unpaired) electrons. The van der Waals surface area contributed by atoms with Crippen LogP contribution in [0.5, 0.6) is 0 Å². The van der Waals surface area contributed by atoms with E-state index in [0.29, 0.717) is 27.7 Å². The predicted molar refractivity (Wildman–Crippen MR) is 147 cm³/mol. The zero-order valence-electron chi connectivity index (χ0n) is 21.2. The summed E-state index contributed by atoms with van der Waals surface area (Å²) in [4.78, 5) is 28.1. The van der Waals surface area contributed by atoms with Crippen molar-refractivity contribution in [2.75, 3.05) is 17.1 Å². The van der Waals surface area contributed by atoms with Gasteiger partial charge < -0.3 is 10.2 Å². The number of nitrogens with one attached hydrogen (secondary N) is 1. The Kier molecular flexibility index (Phi) is 11.5. The van der Waals surface area contributed by atoms with Gasteiger partial charge in [0, 0.05) is 41.2 Å². The molecular weight excluding hydrogens is 521 g/mol. The lowest BCUT2D eigenvalue weighted by molar-refractivity contribution is -0.141. The highest BCUT2D eigenvalue weighted by Gasteiger charge is 2.30. The number of amides is 2. The Labute approximate surface area is 224 Å². The molecule has 198 valence electrons. The molecule has 0 aliphatic rings. The lowest BCUT2D eigenvalue weighted by Crippen LogP contribution is -2.50. The van der Waals surface area contributed by atoms with Crippen molar-refractivity contribution in [2.24, 2.45) is 0 Å². The number of hydrogen-bond donors (Lipinski definition) is 1. The van der Waals surface area contributed by atoms with Crippen molar-refractivity contribution < 1.29 is 18.0 Å². The van der Waals surface area contributed by atoms with Crippen LogP contribution in [0, 0.1) is 0 Å². The first-order chi connectivity index (χ1) is 17.0. The quantitative estimate of drug-likeness (QED) is 0.365. The van der Waals surface area contributed by atoms with Crippen LogP contribution in [0.15, 0.2) is 48.5 Å². The molecule has 0 saturated carbocycles. The fourth-order valence-corrected chi connectivity index (χ4v) is 5.29. The number of carbonyl (C=O) groups is 2. The number of hydrogen-bond acceptors (Lipinski definition) is 4. The molecule has 0 saturated heterocycles. The van der Waals surface area contributed by atoms with Crippen LogP contribution in [-0.2, 0) is 26.2 Å². The molecule has 0 aliphatic carbocycles. The molecule has 10 heteroatoms. The highest BCUT2D eigenvalue weighted by molar-refractivity contribution is 7.92. The van der Waals surface area contributed by atoms with Crippen molar-refractivity contribution in [1.29, 1.82) is 0 Å². The van der Waals surface area contributed by atoms with Crippen LogP contribution in [-0.4, -0.2) is 50.0 Å². The summed E-state index contributed by atoms with van der Waals surface area (Å²) in [5.41, 5.74) is 1.09. The van der Waals surface area contributed by atoms with E-state index in [-0.39, 0.29) is 43.8 Å². The molecule has 1 N–H and O–H groups in total. The molecular formula is C26H35Cl2N3O4S. The average molecular weight is 557 g/mol. The van der Waals surface area contributed by atoms with E-state index in [1.807, 2.05) is 20.8 Å². The maximum atomic E-state index is 13.5. The fourth-order valence-electron chi connectivity index (χ4n) is 3.81. The van der Waals surface area contributed by atoms with Crippen molar-refractivity contribution in [2.45, 2.75) is 65.1 Å². The molecule has 0 aromatic heterocycles. The van der Waals surface area contributed by atoms with E-state index in [4.69, 9.17) is 23.2 Å². The smallest absolute Gasteiger partial charge is 0.243 e. The van der Waals surface area contributed by atoms with E-state index in [2.05, 4.69) is 5.32 Å². The van der Waals surface area contributed by atoms with Gasteiger partial charge in [-0.05, 0) is 50.5 Å². The SMILES string of the molecule is CC[C@@H](C)NC(=O)[C@@H](CC)N(Cc1c(Cl)cccc1Cl)C(=O)CCCN(c1ccccc1)S(C)(=O)=O. The third-order valence-corrected chi connectivity index (χ3v) is 7.88. The van der Waals surface area contributed by atoms with E-state index < -0.39 is 16.1 Å². The summed E-state index contributed by atoms with van der Waals surface area (Å²) in [5.74, 6) is -0.524.